The molecular weight excluding hydrogens is 252 g/mol. The zero-order chi connectivity index (χ0) is 13.9. The second kappa shape index (κ2) is 6.38. The Morgan fingerprint density at radius 2 is 2.16 bits per heavy atom. The third-order valence-electron chi connectivity index (χ3n) is 3.96. The molecule has 19 heavy (non-hydrogen) atoms. The molecule has 1 unspecified atom stereocenters. The van der Waals surface area contributed by atoms with Crippen molar-refractivity contribution >= 4 is 11.3 Å². The van der Waals surface area contributed by atoms with Crippen LogP contribution in [0.5, 0.6) is 0 Å². The van der Waals surface area contributed by atoms with Gasteiger partial charge < -0.3 is 5.73 Å². The quantitative estimate of drug-likeness (QED) is 0.913. The number of hydrogen-bond donors (Lipinski definition) is 1. The van der Waals surface area contributed by atoms with Gasteiger partial charge in [-0.05, 0) is 55.8 Å². The Morgan fingerprint density at radius 1 is 1.37 bits per heavy atom. The van der Waals surface area contributed by atoms with Gasteiger partial charge in [-0.3, -0.25) is 4.90 Å². The predicted molar refractivity (Wildman–Crippen MR) is 84.7 cm³/mol. The number of thiophene rings is 1. The summed E-state index contributed by atoms with van der Waals surface area (Å²) in [5.74, 6) is 0.820. The normalized spacial score (nSPS) is 21.8. The van der Waals surface area contributed by atoms with Gasteiger partial charge in [0.1, 0.15) is 0 Å². The predicted octanol–water partition coefficient (Wildman–Crippen LogP) is 3.61. The summed E-state index contributed by atoms with van der Waals surface area (Å²) in [6, 6.07) is 4.62. The SMILES string of the molecule is CC(C)(C)c1ccc(CN2CCCC(CCN)C2)s1. The molecule has 3 heteroatoms. The van der Waals surface area contributed by atoms with Crippen LogP contribution in [0.3, 0.4) is 0 Å². The van der Waals surface area contributed by atoms with Gasteiger partial charge >= 0.3 is 0 Å². The molecule has 2 N–H and O–H groups in total. The minimum atomic E-state index is 0.285. The fourth-order valence-electron chi connectivity index (χ4n) is 2.85. The lowest BCUT2D eigenvalue weighted by Crippen LogP contribution is -2.35. The maximum absolute atomic E-state index is 5.69. The van der Waals surface area contributed by atoms with E-state index in [1.54, 1.807) is 0 Å². The fourth-order valence-corrected chi connectivity index (χ4v) is 3.96. The van der Waals surface area contributed by atoms with Crippen molar-refractivity contribution in [2.75, 3.05) is 19.6 Å². The van der Waals surface area contributed by atoms with Gasteiger partial charge in [-0.25, -0.2) is 0 Å². The van der Waals surface area contributed by atoms with E-state index in [-0.39, 0.29) is 5.41 Å². The number of rotatable bonds is 4. The largest absolute Gasteiger partial charge is 0.330 e. The van der Waals surface area contributed by atoms with Gasteiger partial charge in [-0.15, -0.1) is 11.3 Å². The Kier molecular flexibility index (Phi) is 5.04. The van der Waals surface area contributed by atoms with Gasteiger partial charge in [0.15, 0.2) is 0 Å². The summed E-state index contributed by atoms with van der Waals surface area (Å²) in [6.45, 7) is 11.3. The van der Waals surface area contributed by atoms with Crippen molar-refractivity contribution in [1.82, 2.24) is 4.90 Å². The highest BCUT2D eigenvalue weighted by molar-refractivity contribution is 7.12. The molecule has 1 aliphatic rings. The summed E-state index contributed by atoms with van der Waals surface area (Å²) < 4.78 is 0. The van der Waals surface area contributed by atoms with Gasteiger partial charge in [0.05, 0.1) is 0 Å². The molecule has 2 heterocycles. The molecule has 0 aliphatic carbocycles. The van der Waals surface area contributed by atoms with E-state index in [0.29, 0.717) is 0 Å². The average molecular weight is 280 g/mol. The molecule has 1 aromatic rings. The van der Waals surface area contributed by atoms with Crippen molar-refractivity contribution < 1.29 is 0 Å². The van der Waals surface area contributed by atoms with Crippen molar-refractivity contribution in [2.24, 2.45) is 11.7 Å². The zero-order valence-electron chi connectivity index (χ0n) is 12.6. The molecule has 0 saturated carbocycles. The van der Waals surface area contributed by atoms with E-state index >= 15 is 0 Å². The van der Waals surface area contributed by atoms with Gasteiger partial charge in [-0.1, -0.05) is 20.8 Å². The highest BCUT2D eigenvalue weighted by Gasteiger charge is 2.21. The Bertz CT molecular complexity index is 390. The van der Waals surface area contributed by atoms with Crippen LogP contribution in [-0.2, 0) is 12.0 Å². The second-order valence-corrected chi connectivity index (χ2v) is 8.01. The molecule has 0 radical (unpaired) electrons. The van der Waals surface area contributed by atoms with E-state index in [4.69, 9.17) is 5.73 Å². The molecule has 1 atom stereocenters. The first-order chi connectivity index (χ1) is 8.99. The van der Waals surface area contributed by atoms with Crippen LogP contribution < -0.4 is 5.73 Å². The molecule has 1 fully saturated rings. The maximum Gasteiger partial charge on any atom is 0.0328 e. The average Bonchev–Trinajstić information content (AvgIpc) is 2.78. The lowest BCUT2D eigenvalue weighted by molar-refractivity contribution is 0.164. The third kappa shape index (κ3) is 4.30. The van der Waals surface area contributed by atoms with Crippen molar-refractivity contribution in [1.29, 1.82) is 0 Å². The Balaban J connectivity index is 1.92. The van der Waals surface area contributed by atoms with Crippen molar-refractivity contribution in [3.63, 3.8) is 0 Å². The van der Waals surface area contributed by atoms with Crippen molar-refractivity contribution in [3.8, 4) is 0 Å². The van der Waals surface area contributed by atoms with E-state index in [1.165, 1.54) is 42.1 Å². The molecule has 1 aliphatic heterocycles. The number of piperidine rings is 1. The minimum absolute atomic E-state index is 0.285. The monoisotopic (exact) mass is 280 g/mol. The standard InChI is InChI=1S/C16H28N2S/c1-16(2,3)15-7-6-14(19-15)12-18-10-4-5-13(11-18)8-9-17/h6-7,13H,4-5,8-12,17H2,1-3H3. The summed E-state index contributed by atoms with van der Waals surface area (Å²) in [5.41, 5.74) is 5.98. The molecule has 0 spiro atoms. The van der Waals surface area contributed by atoms with Crippen LogP contribution in [0.1, 0.15) is 49.8 Å². The second-order valence-electron chi connectivity index (χ2n) is 6.84. The zero-order valence-corrected chi connectivity index (χ0v) is 13.4. The number of nitrogens with two attached hydrogens (primary N) is 1. The van der Waals surface area contributed by atoms with Gasteiger partial charge in [0.2, 0.25) is 0 Å². The molecule has 0 aromatic carbocycles. The highest BCUT2D eigenvalue weighted by Crippen LogP contribution is 2.31. The topological polar surface area (TPSA) is 29.3 Å². The summed E-state index contributed by atoms with van der Waals surface area (Å²) in [7, 11) is 0. The smallest absolute Gasteiger partial charge is 0.0328 e. The lowest BCUT2D eigenvalue weighted by Gasteiger charge is -2.32. The molecule has 0 amide bonds. The van der Waals surface area contributed by atoms with Crippen LogP contribution in [0.15, 0.2) is 12.1 Å². The Labute approximate surface area is 122 Å². The molecule has 2 rings (SSSR count). The van der Waals surface area contributed by atoms with Crippen LogP contribution in [0.2, 0.25) is 0 Å². The molecule has 2 nitrogen and oxygen atoms in total. The molecular formula is C16H28N2S. The van der Waals surface area contributed by atoms with Gasteiger partial charge in [0.25, 0.3) is 0 Å². The van der Waals surface area contributed by atoms with E-state index < -0.39 is 0 Å². The first-order valence-corrected chi connectivity index (χ1v) is 8.32. The Hall–Kier alpha value is -0.380. The first-order valence-electron chi connectivity index (χ1n) is 7.50. The lowest BCUT2D eigenvalue weighted by atomic mass is 9.94. The third-order valence-corrected chi connectivity index (χ3v) is 5.45. The fraction of sp³-hybridized carbons (Fsp3) is 0.750. The van der Waals surface area contributed by atoms with Crippen LogP contribution in [0.4, 0.5) is 0 Å². The summed E-state index contributed by atoms with van der Waals surface area (Å²) in [4.78, 5) is 5.62. The summed E-state index contributed by atoms with van der Waals surface area (Å²) in [5, 5.41) is 0. The van der Waals surface area contributed by atoms with Gasteiger partial charge in [0, 0.05) is 22.8 Å². The van der Waals surface area contributed by atoms with Crippen LogP contribution in [0, 0.1) is 5.92 Å². The van der Waals surface area contributed by atoms with E-state index in [2.05, 4.69) is 37.8 Å². The molecule has 1 aromatic heterocycles. The maximum atomic E-state index is 5.69. The van der Waals surface area contributed by atoms with Crippen LogP contribution >= 0.6 is 11.3 Å². The van der Waals surface area contributed by atoms with E-state index in [1.807, 2.05) is 11.3 Å². The van der Waals surface area contributed by atoms with Gasteiger partial charge in [-0.2, -0.15) is 0 Å². The Morgan fingerprint density at radius 3 is 2.79 bits per heavy atom. The molecule has 1 saturated heterocycles. The first kappa shape index (κ1) is 15.0. The number of hydrogen-bond acceptors (Lipinski definition) is 3. The summed E-state index contributed by atoms with van der Waals surface area (Å²) >= 11 is 1.98. The van der Waals surface area contributed by atoms with Crippen molar-refractivity contribution in [2.45, 2.75) is 52.0 Å². The molecule has 108 valence electrons. The molecule has 0 bridgehead atoms. The highest BCUT2D eigenvalue weighted by atomic mass is 32.1. The van der Waals surface area contributed by atoms with E-state index in [9.17, 15) is 0 Å². The summed E-state index contributed by atoms with van der Waals surface area (Å²) in [6.07, 6.45) is 3.89. The number of likely N-dealkylation sites (tertiary alicyclic amines) is 1. The van der Waals surface area contributed by atoms with Crippen LogP contribution in [-0.4, -0.2) is 24.5 Å². The van der Waals surface area contributed by atoms with Crippen LogP contribution in [0.25, 0.3) is 0 Å². The van der Waals surface area contributed by atoms with E-state index in [0.717, 1.165) is 19.0 Å². The number of nitrogens with zero attached hydrogens (tertiary/aromatic N) is 1. The van der Waals surface area contributed by atoms with Crippen molar-refractivity contribution in [3.05, 3.63) is 21.9 Å². The minimum Gasteiger partial charge on any atom is -0.330 e.